The highest BCUT2D eigenvalue weighted by Crippen LogP contribution is 2.31. The van der Waals surface area contributed by atoms with Gasteiger partial charge in [0.2, 0.25) is 0 Å². The topological polar surface area (TPSA) is 138 Å². The summed E-state index contributed by atoms with van der Waals surface area (Å²) < 4.78 is 6.07. The Balaban J connectivity index is 1.11. The van der Waals surface area contributed by atoms with Crippen LogP contribution in [0.2, 0.25) is 0 Å². The minimum atomic E-state index is -1.71. The predicted molar refractivity (Wildman–Crippen MR) is 188 cm³/mol. The zero-order chi connectivity index (χ0) is 34.0. The molecule has 1 atom stereocenters. The molecule has 3 aliphatic heterocycles. The van der Waals surface area contributed by atoms with Crippen LogP contribution in [0.3, 0.4) is 0 Å². The molecule has 0 aliphatic carbocycles. The molecule has 13 nitrogen and oxygen atoms in total. The maximum Gasteiger partial charge on any atom is 0.329 e. The van der Waals surface area contributed by atoms with E-state index >= 15 is 0 Å². The smallest absolute Gasteiger partial charge is 0.329 e. The molecule has 5 heterocycles. The summed E-state index contributed by atoms with van der Waals surface area (Å²) in [6.07, 6.45) is 5.16. The van der Waals surface area contributed by atoms with Crippen LogP contribution in [0.15, 0.2) is 78.8 Å². The Hall–Kier alpha value is -5.40. The van der Waals surface area contributed by atoms with Gasteiger partial charge < -0.3 is 40.0 Å². The monoisotopic (exact) mass is 663 g/mol. The molecule has 4 N–H and O–H groups in total. The number of hydrogen-bond acceptors (Lipinski definition) is 10. The van der Waals surface area contributed by atoms with E-state index in [1.807, 2.05) is 48.5 Å². The molecule has 49 heavy (non-hydrogen) atoms. The summed E-state index contributed by atoms with van der Waals surface area (Å²) in [7, 11) is 4.20. The van der Waals surface area contributed by atoms with Crippen molar-refractivity contribution in [3.8, 4) is 0 Å². The molecule has 0 saturated carbocycles. The number of benzene rings is 2. The Labute approximate surface area is 284 Å². The normalized spacial score (nSPS) is 21.1. The number of piperazine rings is 2. The van der Waals surface area contributed by atoms with E-state index in [1.54, 1.807) is 30.6 Å². The second-order valence-corrected chi connectivity index (χ2v) is 12.8. The predicted octanol–water partition coefficient (Wildman–Crippen LogP) is 1.91. The molecule has 1 unspecified atom stereocenters. The Kier molecular flexibility index (Phi) is 8.93. The number of fused-ring (bicyclic) bond motifs is 1. The third-order valence-corrected chi connectivity index (χ3v) is 9.39. The van der Waals surface area contributed by atoms with Crippen molar-refractivity contribution in [2.24, 2.45) is 0 Å². The standard InChI is InChI=1S/C36H41N9O4/c1-42-12-16-44(17-13-42)28-8-3-6-25(20-28)34(47)39-24-32(46)49-36(27-7-4-9-29(22-27)45-18-14-43(2)15-19-45)40-31(35(48)41-36)21-26-23-38-33-30(26)10-5-11-37-33/h3-11,20-23,40H,12-19,24H2,1-2H3,(H,37,38)(H,39,47)(H,41,48). The van der Waals surface area contributed by atoms with Crippen molar-refractivity contribution in [1.82, 2.24) is 35.7 Å². The maximum absolute atomic E-state index is 13.5. The van der Waals surface area contributed by atoms with Gasteiger partial charge in [-0.1, -0.05) is 18.2 Å². The number of aromatic amines is 1. The number of nitrogens with zero attached hydrogens (tertiary/aromatic N) is 5. The first kappa shape index (κ1) is 32.2. The summed E-state index contributed by atoms with van der Waals surface area (Å²) >= 11 is 0. The fraction of sp³-hybridized carbons (Fsp3) is 0.333. The number of esters is 1. The molecule has 0 radical (unpaired) electrons. The number of likely N-dealkylation sites (N-methyl/N-ethyl adjacent to an activating group) is 2. The zero-order valence-electron chi connectivity index (χ0n) is 27.7. The number of carbonyl (C=O) groups excluding carboxylic acids is 3. The van der Waals surface area contributed by atoms with Crippen molar-refractivity contribution in [2.45, 2.75) is 5.85 Å². The molecular formula is C36H41N9O4. The lowest BCUT2D eigenvalue weighted by Crippen LogP contribution is -2.51. The van der Waals surface area contributed by atoms with Crippen molar-refractivity contribution in [3.63, 3.8) is 0 Å². The molecule has 254 valence electrons. The summed E-state index contributed by atoms with van der Waals surface area (Å²) in [5, 5.41) is 9.62. The number of aromatic nitrogens is 2. The number of amides is 2. The molecular weight excluding hydrogens is 622 g/mol. The number of pyridine rings is 1. The first-order valence-electron chi connectivity index (χ1n) is 16.6. The molecule has 0 bridgehead atoms. The average molecular weight is 664 g/mol. The number of H-pyrrole nitrogens is 1. The molecule has 7 rings (SSSR count). The van der Waals surface area contributed by atoms with Crippen molar-refractivity contribution in [1.29, 1.82) is 0 Å². The van der Waals surface area contributed by atoms with Crippen LogP contribution >= 0.6 is 0 Å². The van der Waals surface area contributed by atoms with E-state index in [-0.39, 0.29) is 5.70 Å². The lowest BCUT2D eigenvalue weighted by molar-refractivity contribution is -0.165. The van der Waals surface area contributed by atoms with Crippen LogP contribution in [0.4, 0.5) is 11.4 Å². The average Bonchev–Trinajstić information content (AvgIpc) is 3.68. The highest BCUT2D eigenvalue weighted by atomic mass is 16.6. The van der Waals surface area contributed by atoms with E-state index in [1.165, 1.54) is 0 Å². The fourth-order valence-electron chi connectivity index (χ4n) is 6.47. The highest BCUT2D eigenvalue weighted by Gasteiger charge is 2.46. The molecule has 0 spiro atoms. The van der Waals surface area contributed by atoms with Gasteiger partial charge in [-0.3, -0.25) is 19.7 Å². The van der Waals surface area contributed by atoms with Crippen molar-refractivity contribution in [2.75, 3.05) is 82.8 Å². The van der Waals surface area contributed by atoms with Crippen LogP contribution in [0.25, 0.3) is 17.1 Å². The van der Waals surface area contributed by atoms with E-state index in [9.17, 15) is 14.4 Å². The minimum absolute atomic E-state index is 0.215. The van der Waals surface area contributed by atoms with Crippen LogP contribution in [-0.4, -0.2) is 111 Å². The van der Waals surface area contributed by atoms with Crippen LogP contribution in [0.1, 0.15) is 21.5 Å². The van der Waals surface area contributed by atoms with Gasteiger partial charge in [-0.2, -0.15) is 0 Å². The van der Waals surface area contributed by atoms with Crippen molar-refractivity contribution >= 4 is 46.3 Å². The summed E-state index contributed by atoms with van der Waals surface area (Å²) in [5.41, 5.74) is 4.56. The molecule has 13 heteroatoms. The SMILES string of the molecule is CN1CCN(c2cccc(C(=O)NCC(=O)OC3(c4cccc(N5CCN(C)CC5)c4)NC(=O)C(=Cc4c[nH]c5ncccc45)N3)c2)CC1. The molecule has 2 aromatic carbocycles. The Bertz CT molecular complexity index is 1890. The number of anilines is 2. The Morgan fingerprint density at radius 1 is 0.878 bits per heavy atom. The van der Waals surface area contributed by atoms with Gasteiger partial charge in [-0.05, 0) is 62.6 Å². The first-order chi connectivity index (χ1) is 23.8. The minimum Gasteiger partial charge on any atom is -0.414 e. The third kappa shape index (κ3) is 6.94. The molecule has 2 aromatic heterocycles. The summed E-state index contributed by atoms with van der Waals surface area (Å²) in [6, 6.07) is 18.8. The van der Waals surface area contributed by atoms with E-state index in [0.29, 0.717) is 16.8 Å². The van der Waals surface area contributed by atoms with Gasteiger partial charge in [0.1, 0.15) is 17.9 Å². The van der Waals surface area contributed by atoms with Gasteiger partial charge >= 0.3 is 5.97 Å². The lowest BCUT2D eigenvalue weighted by Gasteiger charge is -2.35. The van der Waals surface area contributed by atoms with Crippen LogP contribution in [0.5, 0.6) is 0 Å². The maximum atomic E-state index is 13.5. The number of rotatable bonds is 8. The largest absolute Gasteiger partial charge is 0.414 e. The van der Waals surface area contributed by atoms with Gasteiger partial charge in [-0.15, -0.1) is 0 Å². The van der Waals surface area contributed by atoms with E-state index in [4.69, 9.17) is 4.74 Å². The van der Waals surface area contributed by atoms with Gasteiger partial charge in [0, 0.05) is 98.2 Å². The summed E-state index contributed by atoms with van der Waals surface area (Å²) in [4.78, 5) is 56.7. The second kappa shape index (κ2) is 13.6. The van der Waals surface area contributed by atoms with Gasteiger partial charge in [-0.25, -0.2) is 4.98 Å². The van der Waals surface area contributed by atoms with E-state index < -0.39 is 30.2 Å². The molecule has 4 aromatic rings. The number of carbonyl (C=O) groups is 3. The van der Waals surface area contributed by atoms with Gasteiger partial charge in [0.25, 0.3) is 17.7 Å². The number of hydrogen-bond donors (Lipinski definition) is 4. The first-order valence-corrected chi connectivity index (χ1v) is 16.6. The second-order valence-electron chi connectivity index (χ2n) is 12.8. The van der Waals surface area contributed by atoms with Crippen molar-refractivity contribution in [3.05, 3.63) is 95.4 Å². The summed E-state index contributed by atoms with van der Waals surface area (Å²) in [5.74, 6) is -3.27. The van der Waals surface area contributed by atoms with Crippen molar-refractivity contribution < 1.29 is 19.1 Å². The highest BCUT2D eigenvalue weighted by molar-refractivity contribution is 6.02. The zero-order valence-corrected chi connectivity index (χ0v) is 27.7. The lowest BCUT2D eigenvalue weighted by atomic mass is 10.1. The molecule has 3 fully saturated rings. The quantitative estimate of drug-likeness (QED) is 0.164. The summed E-state index contributed by atoms with van der Waals surface area (Å²) in [6.45, 7) is 6.76. The number of nitrogens with one attached hydrogen (secondary N) is 4. The van der Waals surface area contributed by atoms with Gasteiger partial charge in [0.05, 0.1) is 0 Å². The molecule has 2 amide bonds. The number of ether oxygens (including phenoxy) is 1. The molecule has 3 saturated heterocycles. The van der Waals surface area contributed by atoms with Crippen LogP contribution in [-0.2, 0) is 20.2 Å². The van der Waals surface area contributed by atoms with Gasteiger partial charge in [0.15, 0.2) is 0 Å². The van der Waals surface area contributed by atoms with Crippen LogP contribution in [0, 0.1) is 0 Å². The fourth-order valence-corrected chi connectivity index (χ4v) is 6.47. The van der Waals surface area contributed by atoms with E-state index in [2.05, 4.69) is 59.6 Å². The molecule has 3 aliphatic rings. The Morgan fingerprint density at radius 3 is 2.27 bits per heavy atom. The van der Waals surface area contributed by atoms with Crippen LogP contribution < -0.4 is 25.8 Å². The van der Waals surface area contributed by atoms with E-state index in [0.717, 1.165) is 74.7 Å². The Morgan fingerprint density at radius 2 is 1.55 bits per heavy atom. The third-order valence-electron chi connectivity index (χ3n) is 9.39.